The molecule has 0 fully saturated rings. The molecule has 0 aliphatic carbocycles. The van der Waals surface area contributed by atoms with Crippen LogP contribution in [-0.4, -0.2) is 37.0 Å². The van der Waals surface area contributed by atoms with Gasteiger partial charge in [0, 0.05) is 23.6 Å². The predicted octanol–water partition coefficient (Wildman–Crippen LogP) is 1.75. The molecule has 0 saturated heterocycles. The van der Waals surface area contributed by atoms with Crippen LogP contribution in [0.4, 0.5) is 0 Å². The van der Waals surface area contributed by atoms with Gasteiger partial charge >= 0.3 is 5.97 Å². The standard InChI is InChI=1S/C16H24N2O5S/c1-11(2)18-24(22,23)13-7-5-12(6-8-13)15(21)17-16(3,4)10-9-14(19)20/h5-8,11,18H,9-10H2,1-4H3,(H,17,21)(H,19,20). The van der Waals surface area contributed by atoms with E-state index in [0.717, 1.165) is 0 Å². The van der Waals surface area contributed by atoms with E-state index in [1.165, 1.54) is 24.3 Å². The number of amides is 1. The van der Waals surface area contributed by atoms with E-state index in [1.54, 1.807) is 27.7 Å². The second-order valence-corrected chi connectivity index (χ2v) is 8.25. The highest BCUT2D eigenvalue weighted by atomic mass is 32.2. The van der Waals surface area contributed by atoms with Crippen LogP contribution in [0.1, 0.15) is 50.9 Å². The third kappa shape index (κ3) is 6.29. The van der Waals surface area contributed by atoms with Gasteiger partial charge in [-0.15, -0.1) is 0 Å². The topological polar surface area (TPSA) is 113 Å². The second kappa shape index (κ2) is 7.76. The van der Waals surface area contributed by atoms with E-state index in [2.05, 4.69) is 10.0 Å². The summed E-state index contributed by atoms with van der Waals surface area (Å²) in [5, 5.41) is 11.5. The van der Waals surface area contributed by atoms with Gasteiger partial charge in [-0.05, 0) is 58.4 Å². The molecule has 0 aromatic heterocycles. The van der Waals surface area contributed by atoms with Crippen molar-refractivity contribution in [3.63, 3.8) is 0 Å². The molecular formula is C16H24N2O5S. The molecular weight excluding hydrogens is 332 g/mol. The molecule has 0 aliphatic heterocycles. The van der Waals surface area contributed by atoms with Crippen LogP contribution in [0, 0.1) is 0 Å². The molecule has 1 amide bonds. The van der Waals surface area contributed by atoms with E-state index >= 15 is 0 Å². The minimum atomic E-state index is -3.60. The number of nitrogens with one attached hydrogen (secondary N) is 2. The monoisotopic (exact) mass is 356 g/mol. The fourth-order valence-electron chi connectivity index (χ4n) is 2.03. The number of carbonyl (C=O) groups excluding carboxylic acids is 1. The zero-order chi connectivity index (χ0) is 18.5. The van der Waals surface area contributed by atoms with Crippen molar-refractivity contribution in [2.24, 2.45) is 0 Å². The van der Waals surface area contributed by atoms with Gasteiger partial charge in [0.15, 0.2) is 0 Å². The van der Waals surface area contributed by atoms with Crippen molar-refractivity contribution >= 4 is 21.9 Å². The Labute approximate surface area is 142 Å². The van der Waals surface area contributed by atoms with Crippen LogP contribution in [-0.2, 0) is 14.8 Å². The summed E-state index contributed by atoms with van der Waals surface area (Å²) in [5.74, 6) is -1.31. The maximum absolute atomic E-state index is 12.2. The summed E-state index contributed by atoms with van der Waals surface area (Å²) in [5.41, 5.74) is -0.374. The number of rotatable bonds is 8. The van der Waals surface area contributed by atoms with Crippen molar-refractivity contribution in [2.75, 3.05) is 0 Å². The molecule has 0 saturated carbocycles. The number of hydrogen-bond donors (Lipinski definition) is 3. The molecule has 1 rings (SSSR count). The first kappa shape index (κ1) is 20.1. The lowest BCUT2D eigenvalue weighted by Gasteiger charge is -2.25. The molecule has 0 spiro atoms. The number of aliphatic carboxylic acids is 1. The third-order valence-corrected chi connectivity index (χ3v) is 4.91. The zero-order valence-corrected chi connectivity index (χ0v) is 15.1. The molecule has 0 unspecified atom stereocenters. The van der Waals surface area contributed by atoms with Crippen LogP contribution in [0.15, 0.2) is 29.2 Å². The molecule has 24 heavy (non-hydrogen) atoms. The van der Waals surface area contributed by atoms with E-state index in [1.807, 2.05) is 0 Å². The molecule has 7 nitrogen and oxygen atoms in total. The van der Waals surface area contributed by atoms with Crippen molar-refractivity contribution in [3.8, 4) is 0 Å². The Morgan fingerprint density at radius 2 is 1.71 bits per heavy atom. The van der Waals surface area contributed by atoms with Crippen molar-refractivity contribution in [3.05, 3.63) is 29.8 Å². The quantitative estimate of drug-likeness (QED) is 0.657. The van der Waals surface area contributed by atoms with Gasteiger partial charge in [-0.1, -0.05) is 0 Å². The molecule has 0 atom stereocenters. The number of benzene rings is 1. The second-order valence-electron chi connectivity index (χ2n) is 6.53. The summed E-state index contributed by atoms with van der Waals surface area (Å²) >= 11 is 0. The summed E-state index contributed by atoms with van der Waals surface area (Å²) in [4.78, 5) is 22.9. The van der Waals surface area contributed by atoms with Crippen LogP contribution in [0.25, 0.3) is 0 Å². The highest BCUT2D eigenvalue weighted by molar-refractivity contribution is 7.89. The predicted molar refractivity (Wildman–Crippen MR) is 90.3 cm³/mol. The largest absolute Gasteiger partial charge is 0.481 e. The van der Waals surface area contributed by atoms with E-state index in [0.29, 0.717) is 12.0 Å². The number of sulfonamides is 1. The van der Waals surface area contributed by atoms with Crippen LogP contribution in [0.3, 0.4) is 0 Å². The molecule has 1 aromatic rings. The van der Waals surface area contributed by atoms with Crippen LogP contribution >= 0.6 is 0 Å². The average molecular weight is 356 g/mol. The normalized spacial score (nSPS) is 12.2. The lowest BCUT2D eigenvalue weighted by molar-refractivity contribution is -0.137. The van der Waals surface area contributed by atoms with Gasteiger partial charge in [0.25, 0.3) is 5.91 Å². The Balaban J connectivity index is 2.82. The fraction of sp³-hybridized carbons (Fsp3) is 0.500. The highest BCUT2D eigenvalue weighted by Crippen LogP contribution is 2.15. The van der Waals surface area contributed by atoms with Crippen molar-refractivity contribution < 1.29 is 23.1 Å². The highest BCUT2D eigenvalue weighted by Gasteiger charge is 2.23. The van der Waals surface area contributed by atoms with Gasteiger partial charge in [-0.3, -0.25) is 9.59 Å². The molecule has 0 bridgehead atoms. The number of carboxylic acid groups (broad SMARTS) is 1. The summed E-state index contributed by atoms with van der Waals surface area (Å²) in [6.07, 6.45) is 0.240. The Hall–Kier alpha value is -1.93. The lowest BCUT2D eigenvalue weighted by Crippen LogP contribution is -2.43. The number of hydrogen-bond acceptors (Lipinski definition) is 4. The summed E-state index contributed by atoms with van der Waals surface area (Å²) in [6.45, 7) is 6.91. The van der Waals surface area contributed by atoms with Gasteiger partial charge in [0.1, 0.15) is 0 Å². The Bertz CT molecular complexity index is 694. The van der Waals surface area contributed by atoms with Gasteiger partial charge in [0.05, 0.1) is 4.90 Å². The lowest BCUT2D eigenvalue weighted by atomic mass is 9.98. The first-order valence-corrected chi connectivity index (χ1v) is 9.08. The Morgan fingerprint density at radius 1 is 1.17 bits per heavy atom. The molecule has 1 aromatic carbocycles. The first-order chi connectivity index (χ1) is 10.9. The van der Waals surface area contributed by atoms with E-state index in [-0.39, 0.29) is 23.3 Å². The Morgan fingerprint density at radius 3 is 2.17 bits per heavy atom. The molecule has 0 aliphatic rings. The van der Waals surface area contributed by atoms with Gasteiger partial charge in [-0.25, -0.2) is 13.1 Å². The minimum Gasteiger partial charge on any atom is -0.481 e. The molecule has 8 heteroatoms. The van der Waals surface area contributed by atoms with E-state index < -0.39 is 21.5 Å². The summed E-state index contributed by atoms with van der Waals surface area (Å²) < 4.78 is 26.5. The zero-order valence-electron chi connectivity index (χ0n) is 14.3. The van der Waals surface area contributed by atoms with Gasteiger partial charge < -0.3 is 10.4 Å². The van der Waals surface area contributed by atoms with E-state index in [9.17, 15) is 18.0 Å². The number of carbonyl (C=O) groups is 2. The van der Waals surface area contributed by atoms with E-state index in [4.69, 9.17) is 5.11 Å². The molecule has 0 heterocycles. The maximum atomic E-state index is 12.2. The first-order valence-electron chi connectivity index (χ1n) is 7.60. The van der Waals surface area contributed by atoms with Gasteiger partial charge in [-0.2, -0.15) is 0 Å². The van der Waals surface area contributed by atoms with Crippen molar-refractivity contribution in [1.29, 1.82) is 0 Å². The maximum Gasteiger partial charge on any atom is 0.303 e. The smallest absolute Gasteiger partial charge is 0.303 e. The molecule has 0 radical (unpaired) electrons. The SMILES string of the molecule is CC(C)NS(=O)(=O)c1ccc(C(=O)NC(C)(C)CCC(=O)O)cc1. The van der Waals surface area contributed by atoms with Crippen LogP contribution < -0.4 is 10.0 Å². The molecule has 134 valence electrons. The minimum absolute atomic E-state index is 0.0503. The molecule has 3 N–H and O–H groups in total. The van der Waals surface area contributed by atoms with Crippen LogP contribution in [0.5, 0.6) is 0 Å². The average Bonchev–Trinajstić information content (AvgIpc) is 2.43. The third-order valence-electron chi connectivity index (χ3n) is 3.23. The Kier molecular flexibility index (Phi) is 6.50. The van der Waals surface area contributed by atoms with Crippen LogP contribution in [0.2, 0.25) is 0 Å². The van der Waals surface area contributed by atoms with Crippen molar-refractivity contribution in [1.82, 2.24) is 10.0 Å². The van der Waals surface area contributed by atoms with Crippen molar-refractivity contribution in [2.45, 2.75) is 57.0 Å². The van der Waals surface area contributed by atoms with Gasteiger partial charge in [0.2, 0.25) is 10.0 Å². The fourth-order valence-corrected chi connectivity index (χ4v) is 3.28. The number of carboxylic acids is 1. The summed E-state index contributed by atoms with van der Waals surface area (Å²) in [6, 6.07) is 5.36. The summed E-state index contributed by atoms with van der Waals surface area (Å²) in [7, 11) is -3.60.